The van der Waals surface area contributed by atoms with Crippen LogP contribution in [0, 0.1) is 6.92 Å². The Labute approximate surface area is 248 Å². The second-order valence-electron chi connectivity index (χ2n) is 10.9. The molecule has 0 spiro atoms. The molecule has 0 aliphatic rings. The van der Waals surface area contributed by atoms with Gasteiger partial charge in [0.25, 0.3) is 0 Å². The van der Waals surface area contributed by atoms with Crippen molar-refractivity contribution in [1.29, 1.82) is 0 Å². The summed E-state index contributed by atoms with van der Waals surface area (Å²) in [5, 5.41) is 20.9. The third-order valence-electron chi connectivity index (χ3n) is 7.69. The number of nitrogens with zero attached hydrogens (tertiary/aromatic N) is 1. The zero-order valence-electron chi connectivity index (χ0n) is 25.2. The fourth-order valence-corrected chi connectivity index (χ4v) is 5.30. The van der Waals surface area contributed by atoms with Crippen LogP contribution in [0.1, 0.15) is 103 Å². The Morgan fingerprint density at radius 2 is 1.60 bits per heavy atom. The lowest BCUT2D eigenvalue weighted by atomic mass is 10.0. The van der Waals surface area contributed by atoms with E-state index in [9.17, 15) is 24.6 Å². The van der Waals surface area contributed by atoms with E-state index >= 15 is 0 Å². The van der Waals surface area contributed by atoms with Crippen molar-refractivity contribution in [2.75, 3.05) is 13.7 Å². The maximum Gasteiger partial charge on any atom is 0.335 e. The van der Waals surface area contributed by atoms with Gasteiger partial charge in [-0.05, 0) is 68.5 Å². The highest BCUT2D eigenvalue weighted by molar-refractivity contribution is 6.10. The molecule has 0 bridgehead atoms. The van der Waals surface area contributed by atoms with Crippen LogP contribution in [0.4, 0.5) is 0 Å². The minimum absolute atomic E-state index is 0.0694. The first kappa shape index (κ1) is 32.9. The molecule has 228 valence electrons. The largest absolute Gasteiger partial charge is 0.491 e. The molecular weight excluding hydrogens is 534 g/mol. The van der Waals surface area contributed by atoms with Gasteiger partial charge in [-0.25, -0.2) is 4.79 Å². The Morgan fingerprint density at radius 1 is 0.905 bits per heavy atom. The van der Waals surface area contributed by atoms with Gasteiger partial charge < -0.3 is 24.3 Å². The normalized spacial score (nSPS) is 11.9. The number of aryl methyl sites for hydroxylation is 1. The molecule has 8 heteroatoms. The summed E-state index contributed by atoms with van der Waals surface area (Å²) in [4.78, 5) is 36.3. The van der Waals surface area contributed by atoms with Crippen LogP contribution in [-0.2, 0) is 22.5 Å². The van der Waals surface area contributed by atoms with Crippen LogP contribution in [-0.4, -0.2) is 52.3 Å². The van der Waals surface area contributed by atoms with E-state index in [1.54, 1.807) is 13.0 Å². The summed E-state index contributed by atoms with van der Waals surface area (Å²) in [7, 11) is 1.33. The van der Waals surface area contributed by atoms with Gasteiger partial charge in [-0.15, -0.1) is 0 Å². The summed E-state index contributed by atoms with van der Waals surface area (Å²) < 4.78 is 12.4. The molecule has 0 amide bonds. The van der Waals surface area contributed by atoms with E-state index in [0.29, 0.717) is 40.8 Å². The van der Waals surface area contributed by atoms with E-state index in [-0.39, 0.29) is 43.3 Å². The van der Waals surface area contributed by atoms with Gasteiger partial charge in [-0.1, -0.05) is 51.2 Å². The fourth-order valence-electron chi connectivity index (χ4n) is 5.30. The molecule has 0 saturated carbocycles. The fraction of sp³-hybridized carbons (Fsp3) is 0.500. The number of benzene rings is 2. The summed E-state index contributed by atoms with van der Waals surface area (Å²) in [5.41, 5.74) is 3.14. The van der Waals surface area contributed by atoms with Crippen molar-refractivity contribution in [2.24, 2.45) is 0 Å². The van der Waals surface area contributed by atoms with Gasteiger partial charge in [0.1, 0.15) is 18.5 Å². The Bertz CT molecular complexity index is 1330. The van der Waals surface area contributed by atoms with Crippen LogP contribution in [0.15, 0.2) is 42.5 Å². The number of methoxy groups -OCH3 is 1. The van der Waals surface area contributed by atoms with E-state index in [1.165, 1.54) is 63.3 Å². The first-order valence-corrected chi connectivity index (χ1v) is 15.1. The second kappa shape index (κ2) is 16.7. The molecule has 8 nitrogen and oxygen atoms in total. The number of rotatable bonds is 19. The standard InChI is InChI=1S/C34H45NO7/c1-4-5-6-7-8-9-12-25-15-18-28(19-16-25)42-23-27(36)22-35-24(2)33(31(37)13-10-11-14-32(38)41-3)29-21-26(34(39)40)17-20-30(29)35/h15-21,27,36H,4-14,22-23H2,1-3H3,(H,39,40). The number of Topliss-reactive ketones (excluding diaryl/α,β-unsaturated/α-hetero) is 1. The number of carboxylic acid groups (broad SMARTS) is 1. The summed E-state index contributed by atoms with van der Waals surface area (Å²) in [6, 6.07) is 12.7. The van der Waals surface area contributed by atoms with Crippen LogP contribution < -0.4 is 4.74 Å². The quantitative estimate of drug-likeness (QED) is 0.0901. The van der Waals surface area contributed by atoms with E-state index in [1.807, 2.05) is 16.7 Å². The minimum Gasteiger partial charge on any atom is -0.491 e. The number of hydrogen-bond acceptors (Lipinski definition) is 6. The topological polar surface area (TPSA) is 115 Å². The summed E-state index contributed by atoms with van der Waals surface area (Å²) >= 11 is 0. The second-order valence-corrected chi connectivity index (χ2v) is 10.9. The first-order valence-electron chi connectivity index (χ1n) is 15.1. The van der Waals surface area contributed by atoms with Gasteiger partial charge in [-0.2, -0.15) is 0 Å². The number of aromatic nitrogens is 1. The highest BCUT2D eigenvalue weighted by atomic mass is 16.5. The lowest BCUT2D eigenvalue weighted by Gasteiger charge is -2.16. The number of ketones is 1. The number of carbonyl (C=O) groups excluding carboxylic acids is 2. The molecule has 0 saturated heterocycles. The molecule has 1 unspecified atom stereocenters. The van der Waals surface area contributed by atoms with Crippen molar-refractivity contribution in [3.8, 4) is 5.75 Å². The Kier molecular flexibility index (Phi) is 13.1. The van der Waals surface area contributed by atoms with Crippen molar-refractivity contribution < 1.29 is 34.1 Å². The molecule has 1 heterocycles. The average molecular weight is 580 g/mol. The van der Waals surface area contributed by atoms with Crippen molar-refractivity contribution in [2.45, 2.75) is 97.1 Å². The number of esters is 1. The SMILES string of the molecule is CCCCCCCCc1ccc(OCC(O)Cn2c(C)c(C(=O)CCCCC(=O)OC)c3cc(C(=O)O)ccc32)cc1. The van der Waals surface area contributed by atoms with E-state index in [4.69, 9.17) is 4.74 Å². The number of aliphatic hydroxyl groups is 1. The molecule has 2 N–H and O–H groups in total. The molecule has 0 aliphatic carbocycles. The van der Waals surface area contributed by atoms with Gasteiger partial charge in [0.05, 0.1) is 19.2 Å². The van der Waals surface area contributed by atoms with Crippen molar-refractivity contribution in [1.82, 2.24) is 4.57 Å². The lowest BCUT2D eigenvalue weighted by molar-refractivity contribution is -0.140. The molecule has 3 aromatic rings. The molecule has 0 aliphatic heterocycles. The maximum absolute atomic E-state index is 13.3. The number of hydrogen-bond donors (Lipinski definition) is 2. The molecule has 1 atom stereocenters. The van der Waals surface area contributed by atoms with E-state index < -0.39 is 12.1 Å². The van der Waals surface area contributed by atoms with Crippen molar-refractivity contribution >= 4 is 28.6 Å². The highest BCUT2D eigenvalue weighted by Crippen LogP contribution is 2.29. The average Bonchev–Trinajstić information content (AvgIpc) is 3.26. The first-order chi connectivity index (χ1) is 20.2. The zero-order chi connectivity index (χ0) is 30.5. The number of carbonyl (C=O) groups is 3. The predicted octanol–water partition coefficient (Wildman–Crippen LogP) is 6.91. The number of unbranched alkanes of at least 4 members (excludes halogenated alkanes) is 6. The predicted molar refractivity (Wildman–Crippen MR) is 163 cm³/mol. The van der Waals surface area contributed by atoms with Crippen LogP contribution >= 0.6 is 0 Å². The Hall–Kier alpha value is -3.65. The lowest BCUT2D eigenvalue weighted by Crippen LogP contribution is -2.24. The number of aliphatic hydroxyl groups excluding tert-OH is 1. The highest BCUT2D eigenvalue weighted by Gasteiger charge is 2.22. The van der Waals surface area contributed by atoms with E-state index in [0.717, 1.165) is 6.42 Å². The third-order valence-corrected chi connectivity index (χ3v) is 7.69. The van der Waals surface area contributed by atoms with Crippen LogP contribution in [0.5, 0.6) is 5.75 Å². The Balaban J connectivity index is 1.64. The van der Waals surface area contributed by atoms with Crippen molar-refractivity contribution in [3.63, 3.8) is 0 Å². The number of ether oxygens (including phenoxy) is 2. The number of carboxylic acids is 1. The van der Waals surface area contributed by atoms with Gasteiger partial charge in [-0.3, -0.25) is 9.59 Å². The van der Waals surface area contributed by atoms with Gasteiger partial charge in [0, 0.05) is 35.0 Å². The van der Waals surface area contributed by atoms with Crippen LogP contribution in [0.25, 0.3) is 10.9 Å². The molecule has 0 fully saturated rings. The number of aromatic carboxylic acids is 1. The van der Waals surface area contributed by atoms with Gasteiger partial charge >= 0.3 is 11.9 Å². The minimum atomic E-state index is -1.08. The maximum atomic E-state index is 13.3. The monoisotopic (exact) mass is 579 g/mol. The molecule has 3 rings (SSSR count). The van der Waals surface area contributed by atoms with Crippen LogP contribution in [0.2, 0.25) is 0 Å². The molecule has 0 radical (unpaired) electrons. The molecule has 2 aromatic carbocycles. The van der Waals surface area contributed by atoms with Gasteiger partial charge in [0.2, 0.25) is 0 Å². The third kappa shape index (κ3) is 9.44. The summed E-state index contributed by atoms with van der Waals surface area (Å²) in [5.74, 6) is -0.842. The van der Waals surface area contributed by atoms with Crippen molar-refractivity contribution in [3.05, 3.63) is 64.8 Å². The molecule has 1 aromatic heterocycles. The summed E-state index contributed by atoms with van der Waals surface area (Å²) in [6.07, 6.45) is 9.26. The number of fused-ring (bicyclic) bond motifs is 1. The molecular formula is C34H45NO7. The van der Waals surface area contributed by atoms with Crippen LogP contribution in [0.3, 0.4) is 0 Å². The van der Waals surface area contributed by atoms with Gasteiger partial charge in [0.15, 0.2) is 5.78 Å². The summed E-state index contributed by atoms with van der Waals surface area (Å²) in [6.45, 7) is 4.28. The van der Waals surface area contributed by atoms with E-state index in [2.05, 4.69) is 23.8 Å². The molecule has 42 heavy (non-hydrogen) atoms. The smallest absolute Gasteiger partial charge is 0.335 e. The zero-order valence-corrected chi connectivity index (χ0v) is 25.2. The Morgan fingerprint density at radius 3 is 2.29 bits per heavy atom.